The maximum absolute atomic E-state index is 12.7. The summed E-state index contributed by atoms with van der Waals surface area (Å²) in [4.78, 5) is 12.7. The minimum atomic E-state index is -0.263. The maximum atomic E-state index is 12.7. The molecular weight excluding hydrogens is 469 g/mol. The second-order valence-corrected chi connectivity index (χ2v) is 8.25. The van der Waals surface area contributed by atoms with Crippen LogP contribution in [0.1, 0.15) is 21.5 Å². The lowest BCUT2D eigenvalue weighted by Crippen LogP contribution is -2.13. The van der Waals surface area contributed by atoms with Crippen LogP contribution in [0.2, 0.25) is 15.1 Å². The van der Waals surface area contributed by atoms with Crippen LogP contribution in [-0.2, 0) is 13.2 Å². The normalized spacial score (nSPS) is 10.7. The van der Waals surface area contributed by atoms with Gasteiger partial charge in [-0.05, 0) is 47.5 Å². The lowest BCUT2D eigenvalue weighted by atomic mass is 10.1. The van der Waals surface area contributed by atoms with Crippen LogP contribution in [0, 0.1) is 0 Å². The fourth-order valence-corrected chi connectivity index (χ4v) is 3.65. The predicted molar refractivity (Wildman–Crippen MR) is 128 cm³/mol. The molecular formula is C24H18Cl3N3O2. The summed E-state index contributed by atoms with van der Waals surface area (Å²) < 4.78 is 7.49. The molecule has 0 radical (unpaired) electrons. The topological polar surface area (TPSA) is 56.2 Å². The number of benzene rings is 3. The van der Waals surface area contributed by atoms with Crippen molar-refractivity contribution in [2.24, 2.45) is 0 Å². The number of hydrogen-bond acceptors (Lipinski definition) is 3. The predicted octanol–water partition coefficient (Wildman–Crippen LogP) is 6.72. The van der Waals surface area contributed by atoms with E-state index in [1.54, 1.807) is 53.3 Å². The number of aromatic nitrogens is 2. The van der Waals surface area contributed by atoms with Crippen molar-refractivity contribution in [3.8, 4) is 5.75 Å². The number of carbonyl (C=O) groups is 1. The third-order valence-corrected chi connectivity index (χ3v) is 5.65. The number of rotatable bonds is 7. The van der Waals surface area contributed by atoms with Crippen molar-refractivity contribution in [2.45, 2.75) is 13.2 Å². The van der Waals surface area contributed by atoms with E-state index >= 15 is 0 Å². The molecule has 8 heteroatoms. The zero-order valence-electron chi connectivity index (χ0n) is 16.8. The number of nitrogens with one attached hydrogen (secondary N) is 1. The number of halogens is 3. The van der Waals surface area contributed by atoms with Gasteiger partial charge in [-0.3, -0.25) is 9.48 Å². The van der Waals surface area contributed by atoms with E-state index < -0.39 is 0 Å². The molecule has 162 valence electrons. The van der Waals surface area contributed by atoms with Crippen molar-refractivity contribution in [1.29, 1.82) is 0 Å². The summed E-state index contributed by atoms with van der Waals surface area (Å²) in [6.45, 7) is 0.796. The molecule has 0 aliphatic heterocycles. The Hall–Kier alpha value is -2.99. The van der Waals surface area contributed by atoms with E-state index in [9.17, 15) is 4.79 Å². The first-order valence-corrected chi connectivity index (χ1v) is 10.9. The monoisotopic (exact) mass is 485 g/mol. The molecule has 1 amide bonds. The van der Waals surface area contributed by atoms with Gasteiger partial charge in [0, 0.05) is 22.8 Å². The molecule has 0 spiro atoms. The van der Waals surface area contributed by atoms with Crippen molar-refractivity contribution in [3.63, 3.8) is 0 Å². The van der Waals surface area contributed by atoms with Crippen LogP contribution in [-0.4, -0.2) is 15.7 Å². The van der Waals surface area contributed by atoms with Gasteiger partial charge in [-0.1, -0.05) is 65.1 Å². The second kappa shape index (κ2) is 10.1. The number of anilines is 1. The first-order valence-electron chi connectivity index (χ1n) is 9.73. The van der Waals surface area contributed by atoms with E-state index in [-0.39, 0.29) is 12.5 Å². The highest BCUT2D eigenvalue weighted by Gasteiger charge is 2.10. The molecule has 1 N–H and O–H groups in total. The van der Waals surface area contributed by atoms with E-state index in [0.29, 0.717) is 38.7 Å². The van der Waals surface area contributed by atoms with Crippen LogP contribution in [0.25, 0.3) is 0 Å². The number of ether oxygens (including phenoxy) is 1. The Morgan fingerprint density at radius 1 is 0.938 bits per heavy atom. The fraction of sp³-hybridized carbons (Fsp3) is 0.0833. The highest BCUT2D eigenvalue weighted by atomic mass is 35.5. The van der Waals surface area contributed by atoms with Crippen molar-refractivity contribution in [3.05, 3.63) is 111 Å². The van der Waals surface area contributed by atoms with Crippen molar-refractivity contribution >= 4 is 46.5 Å². The number of carbonyl (C=O) groups excluding carboxylic acids is 1. The average Bonchev–Trinajstić information content (AvgIpc) is 3.21. The number of nitrogens with zero attached hydrogens (tertiary/aromatic N) is 2. The molecule has 4 aromatic rings. The summed E-state index contributed by atoms with van der Waals surface area (Å²) in [6, 6.07) is 21.7. The lowest BCUT2D eigenvalue weighted by molar-refractivity contribution is 0.102. The second-order valence-electron chi connectivity index (χ2n) is 7.02. The molecule has 4 rings (SSSR count). The summed E-state index contributed by atoms with van der Waals surface area (Å²) in [5, 5.41) is 8.68. The molecule has 0 saturated heterocycles. The molecule has 0 bridgehead atoms. The van der Waals surface area contributed by atoms with Gasteiger partial charge in [0.1, 0.15) is 17.4 Å². The molecule has 5 nitrogen and oxygen atoms in total. The summed E-state index contributed by atoms with van der Waals surface area (Å²) in [7, 11) is 0. The van der Waals surface area contributed by atoms with Crippen LogP contribution in [0.5, 0.6) is 5.75 Å². The van der Waals surface area contributed by atoms with Crippen LogP contribution in [0.4, 0.5) is 5.82 Å². The minimum Gasteiger partial charge on any atom is -0.487 e. The lowest BCUT2D eigenvalue weighted by Gasteiger charge is -2.10. The van der Waals surface area contributed by atoms with Crippen molar-refractivity contribution in [1.82, 2.24) is 9.78 Å². The van der Waals surface area contributed by atoms with Gasteiger partial charge in [0.15, 0.2) is 5.82 Å². The highest BCUT2D eigenvalue weighted by Crippen LogP contribution is 2.32. The summed E-state index contributed by atoms with van der Waals surface area (Å²) in [6.07, 6.45) is 1.80. The number of hydrogen-bond donors (Lipinski definition) is 1. The molecule has 0 aliphatic carbocycles. The van der Waals surface area contributed by atoms with Crippen LogP contribution < -0.4 is 10.1 Å². The molecule has 1 aromatic heterocycles. The van der Waals surface area contributed by atoms with Gasteiger partial charge < -0.3 is 10.1 Å². The van der Waals surface area contributed by atoms with E-state index in [0.717, 1.165) is 11.1 Å². The van der Waals surface area contributed by atoms with Gasteiger partial charge in [0.05, 0.1) is 11.6 Å². The third kappa shape index (κ3) is 5.62. The molecule has 0 saturated carbocycles. The largest absolute Gasteiger partial charge is 0.487 e. The molecule has 0 fully saturated rings. The SMILES string of the molecule is O=C(Nc1ccn(Cc2cccc(Cl)c2)n1)c1cccc(COc2cccc(Cl)c2Cl)c1. The Bertz CT molecular complexity index is 1260. The molecule has 0 unspecified atom stereocenters. The Morgan fingerprint density at radius 2 is 1.72 bits per heavy atom. The van der Waals surface area contributed by atoms with Crippen molar-refractivity contribution < 1.29 is 9.53 Å². The molecule has 0 aliphatic rings. The molecule has 1 heterocycles. The van der Waals surface area contributed by atoms with Gasteiger partial charge in [0.25, 0.3) is 5.91 Å². The van der Waals surface area contributed by atoms with E-state index in [4.69, 9.17) is 39.5 Å². The summed E-state index contributed by atoms with van der Waals surface area (Å²) >= 11 is 18.2. The van der Waals surface area contributed by atoms with E-state index in [1.165, 1.54) is 0 Å². The first kappa shape index (κ1) is 22.2. The first-order chi connectivity index (χ1) is 15.5. The van der Waals surface area contributed by atoms with Gasteiger partial charge in [0.2, 0.25) is 0 Å². The minimum absolute atomic E-state index is 0.245. The maximum Gasteiger partial charge on any atom is 0.256 e. The standard InChI is InChI=1S/C24H18Cl3N3O2/c25-19-7-2-4-16(13-19)14-30-11-10-22(29-30)28-24(31)18-6-1-5-17(12-18)15-32-21-9-3-8-20(26)23(21)27/h1-13H,14-15H2,(H,28,29,31). The quantitative estimate of drug-likeness (QED) is 0.315. The zero-order chi connectivity index (χ0) is 22.5. The Labute approximate surface area is 200 Å². The smallest absolute Gasteiger partial charge is 0.256 e. The average molecular weight is 487 g/mol. The Morgan fingerprint density at radius 3 is 2.56 bits per heavy atom. The summed E-state index contributed by atoms with van der Waals surface area (Å²) in [5.74, 6) is 0.685. The number of amides is 1. The van der Waals surface area contributed by atoms with Gasteiger partial charge >= 0.3 is 0 Å². The Balaban J connectivity index is 1.39. The van der Waals surface area contributed by atoms with Gasteiger partial charge in [-0.25, -0.2) is 0 Å². The van der Waals surface area contributed by atoms with Gasteiger partial charge in [-0.15, -0.1) is 0 Å². The van der Waals surface area contributed by atoms with E-state index in [2.05, 4.69) is 10.4 Å². The fourth-order valence-electron chi connectivity index (χ4n) is 3.09. The van der Waals surface area contributed by atoms with Crippen LogP contribution >= 0.6 is 34.8 Å². The van der Waals surface area contributed by atoms with E-state index in [1.807, 2.05) is 30.3 Å². The van der Waals surface area contributed by atoms with Crippen LogP contribution in [0.15, 0.2) is 79.0 Å². The Kier molecular flexibility index (Phi) is 7.00. The third-order valence-electron chi connectivity index (χ3n) is 4.62. The van der Waals surface area contributed by atoms with Crippen LogP contribution in [0.3, 0.4) is 0 Å². The molecule has 0 atom stereocenters. The highest BCUT2D eigenvalue weighted by molar-refractivity contribution is 6.42. The zero-order valence-corrected chi connectivity index (χ0v) is 19.0. The molecule has 32 heavy (non-hydrogen) atoms. The van der Waals surface area contributed by atoms with Crippen molar-refractivity contribution in [2.75, 3.05) is 5.32 Å². The van der Waals surface area contributed by atoms with Gasteiger partial charge in [-0.2, -0.15) is 5.10 Å². The molecule has 3 aromatic carbocycles. The summed E-state index contributed by atoms with van der Waals surface area (Å²) in [5.41, 5.74) is 2.33.